The fourth-order valence-corrected chi connectivity index (χ4v) is 3.50. The average molecular weight is 337 g/mol. The van der Waals surface area contributed by atoms with Crippen LogP contribution in [-0.2, 0) is 0 Å². The third-order valence-electron chi connectivity index (χ3n) is 4.82. The van der Waals surface area contributed by atoms with Crippen LogP contribution in [0.5, 0.6) is 5.75 Å². The van der Waals surface area contributed by atoms with E-state index in [1.54, 1.807) is 6.07 Å². The molecule has 6 nitrogen and oxygen atoms in total. The quantitative estimate of drug-likeness (QED) is 0.724. The van der Waals surface area contributed by atoms with Gasteiger partial charge in [-0.15, -0.1) is 0 Å². The maximum Gasteiger partial charge on any atom is 0.165 e. The van der Waals surface area contributed by atoms with Crippen LogP contribution in [0.15, 0.2) is 18.2 Å². The summed E-state index contributed by atoms with van der Waals surface area (Å²) in [5.41, 5.74) is 14.7. The van der Waals surface area contributed by atoms with Gasteiger partial charge in [0.25, 0.3) is 0 Å². The van der Waals surface area contributed by atoms with E-state index in [2.05, 4.69) is 16.0 Å². The second-order valence-corrected chi connectivity index (χ2v) is 6.80. The van der Waals surface area contributed by atoms with Crippen LogP contribution in [0.2, 0.25) is 0 Å². The van der Waals surface area contributed by atoms with Gasteiger partial charge >= 0.3 is 0 Å². The van der Waals surface area contributed by atoms with Crippen molar-refractivity contribution in [2.75, 3.05) is 5.73 Å². The third-order valence-corrected chi connectivity index (χ3v) is 4.82. The van der Waals surface area contributed by atoms with E-state index < -0.39 is 0 Å². The van der Waals surface area contributed by atoms with Gasteiger partial charge in [-0.25, -0.2) is 9.97 Å². The van der Waals surface area contributed by atoms with Gasteiger partial charge in [0.2, 0.25) is 0 Å². The number of anilines is 1. The van der Waals surface area contributed by atoms with Crippen LogP contribution in [0.4, 0.5) is 5.82 Å². The SMILES string of the molecule is Cc1ccc(O)c(-c2nc(N)c(C#N)c(C3CCCCC(N)C3)n2)c1. The summed E-state index contributed by atoms with van der Waals surface area (Å²) in [5.74, 6) is 0.688. The molecule has 0 spiro atoms. The minimum atomic E-state index is 0.0863. The van der Waals surface area contributed by atoms with Gasteiger partial charge in [0.1, 0.15) is 23.2 Å². The number of aromatic hydroxyl groups is 1. The summed E-state index contributed by atoms with van der Waals surface area (Å²) in [4.78, 5) is 8.91. The Morgan fingerprint density at radius 3 is 2.76 bits per heavy atom. The smallest absolute Gasteiger partial charge is 0.165 e. The van der Waals surface area contributed by atoms with Crippen LogP contribution in [0, 0.1) is 18.3 Å². The third kappa shape index (κ3) is 3.57. The zero-order valence-electron chi connectivity index (χ0n) is 14.4. The van der Waals surface area contributed by atoms with E-state index in [1.807, 2.05) is 19.1 Å². The van der Waals surface area contributed by atoms with Crippen molar-refractivity contribution < 1.29 is 5.11 Å². The highest BCUT2D eigenvalue weighted by atomic mass is 16.3. The number of nitrogen functional groups attached to an aromatic ring is 1. The first-order valence-electron chi connectivity index (χ1n) is 8.62. The van der Waals surface area contributed by atoms with Crippen LogP contribution < -0.4 is 11.5 Å². The van der Waals surface area contributed by atoms with Gasteiger partial charge in [-0.1, -0.05) is 24.5 Å². The molecule has 1 fully saturated rings. The van der Waals surface area contributed by atoms with Crippen molar-refractivity contribution in [1.82, 2.24) is 9.97 Å². The summed E-state index contributed by atoms with van der Waals surface area (Å²) < 4.78 is 0. The van der Waals surface area contributed by atoms with Crippen molar-refractivity contribution in [1.29, 1.82) is 5.26 Å². The lowest BCUT2D eigenvalue weighted by Crippen LogP contribution is -2.22. The molecule has 25 heavy (non-hydrogen) atoms. The molecule has 130 valence electrons. The Bertz CT molecular complexity index is 827. The summed E-state index contributed by atoms with van der Waals surface area (Å²) in [5, 5.41) is 19.7. The standard InChI is InChI=1S/C19H23N5O/c1-11-6-7-16(25)14(8-11)19-23-17(15(10-20)18(22)24-19)12-4-2-3-5-13(21)9-12/h6-8,12-13,25H,2-5,9,21H2,1H3,(H2,22,23,24). The van der Waals surface area contributed by atoms with Crippen molar-refractivity contribution >= 4 is 5.82 Å². The zero-order valence-corrected chi connectivity index (χ0v) is 14.4. The highest BCUT2D eigenvalue weighted by Gasteiger charge is 2.26. The number of hydrogen-bond acceptors (Lipinski definition) is 6. The van der Waals surface area contributed by atoms with E-state index in [0.717, 1.165) is 37.7 Å². The number of aryl methyl sites for hydroxylation is 1. The molecule has 1 aromatic heterocycles. The predicted molar refractivity (Wildman–Crippen MR) is 96.8 cm³/mol. The Morgan fingerprint density at radius 2 is 2.00 bits per heavy atom. The molecule has 1 aliphatic rings. The molecule has 2 aromatic rings. The molecule has 0 saturated heterocycles. The van der Waals surface area contributed by atoms with Crippen LogP contribution >= 0.6 is 0 Å². The number of nitrogens with two attached hydrogens (primary N) is 2. The van der Waals surface area contributed by atoms with Gasteiger partial charge in [0.15, 0.2) is 5.82 Å². The largest absolute Gasteiger partial charge is 0.507 e. The number of aromatic nitrogens is 2. The van der Waals surface area contributed by atoms with E-state index in [4.69, 9.17) is 11.5 Å². The minimum absolute atomic E-state index is 0.0863. The normalized spacial score (nSPS) is 20.7. The first-order valence-corrected chi connectivity index (χ1v) is 8.62. The van der Waals surface area contributed by atoms with Crippen molar-refractivity contribution in [2.45, 2.75) is 51.0 Å². The van der Waals surface area contributed by atoms with Crippen molar-refractivity contribution in [3.63, 3.8) is 0 Å². The van der Waals surface area contributed by atoms with Crippen LogP contribution in [0.25, 0.3) is 11.4 Å². The Hall–Kier alpha value is -2.65. The fraction of sp³-hybridized carbons (Fsp3) is 0.421. The minimum Gasteiger partial charge on any atom is -0.507 e. The molecule has 1 aromatic carbocycles. The maximum atomic E-state index is 10.2. The van der Waals surface area contributed by atoms with Crippen LogP contribution in [0.3, 0.4) is 0 Å². The number of rotatable bonds is 2. The van der Waals surface area contributed by atoms with Crippen LogP contribution in [0.1, 0.15) is 54.8 Å². The summed E-state index contributed by atoms with van der Waals surface area (Å²) in [6.07, 6.45) is 4.84. The second kappa shape index (κ2) is 7.08. The number of hydrogen-bond donors (Lipinski definition) is 3. The number of benzene rings is 1. The van der Waals surface area contributed by atoms with Crippen LogP contribution in [-0.4, -0.2) is 21.1 Å². The fourth-order valence-electron chi connectivity index (χ4n) is 3.50. The monoisotopic (exact) mass is 337 g/mol. The molecular weight excluding hydrogens is 314 g/mol. The Labute approximate surface area is 147 Å². The summed E-state index contributed by atoms with van der Waals surface area (Å²) in [6.45, 7) is 1.93. The molecule has 1 aliphatic carbocycles. The van der Waals surface area contributed by atoms with E-state index >= 15 is 0 Å². The van der Waals surface area contributed by atoms with Crippen molar-refractivity contribution in [3.05, 3.63) is 35.0 Å². The topological polar surface area (TPSA) is 122 Å². The van der Waals surface area contributed by atoms with Crippen molar-refractivity contribution in [2.24, 2.45) is 5.73 Å². The van der Waals surface area contributed by atoms with E-state index in [-0.39, 0.29) is 23.5 Å². The van der Waals surface area contributed by atoms with E-state index in [1.165, 1.54) is 0 Å². The molecular formula is C19H23N5O. The lowest BCUT2D eigenvalue weighted by Gasteiger charge is -2.19. The number of phenolic OH excluding ortho intramolecular Hbond substituents is 1. The predicted octanol–water partition coefficient (Wildman–Crippen LogP) is 2.99. The van der Waals surface area contributed by atoms with Crippen molar-refractivity contribution in [3.8, 4) is 23.2 Å². The number of nitriles is 1. The van der Waals surface area contributed by atoms with E-state index in [0.29, 0.717) is 22.6 Å². The van der Waals surface area contributed by atoms with Gasteiger partial charge in [0, 0.05) is 12.0 Å². The Balaban J connectivity index is 2.13. The second-order valence-electron chi connectivity index (χ2n) is 6.80. The highest BCUT2D eigenvalue weighted by molar-refractivity contribution is 5.67. The molecule has 5 N–H and O–H groups in total. The maximum absolute atomic E-state index is 10.2. The molecule has 0 amide bonds. The molecule has 0 aliphatic heterocycles. The first-order chi connectivity index (χ1) is 12.0. The number of phenols is 1. The molecule has 2 atom stereocenters. The molecule has 1 saturated carbocycles. The lowest BCUT2D eigenvalue weighted by atomic mass is 9.91. The molecule has 6 heteroatoms. The summed E-state index contributed by atoms with van der Waals surface area (Å²) in [6, 6.07) is 7.50. The van der Waals surface area contributed by atoms with Gasteiger partial charge in [-0.3, -0.25) is 0 Å². The Kier molecular flexibility index (Phi) is 4.86. The van der Waals surface area contributed by atoms with Gasteiger partial charge in [-0.05, 0) is 38.3 Å². The van der Waals surface area contributed by atoms with Gasteiger partial charge in [-0.2, -0.15) is 5.26 Å². The molecule has 3 rings (SSSR count). The first kappa shape index (κ1) is 17.2. The lowest BCUT2D eigenvalue weighted by molar-refractivity contribution is 0.476. The molecule has 0 bridgehead atoms. The highest BCUT2D eigenvalue weighted by Crippen LogP contribution is 2.36. The van der Waals surface area contributed by atoms with E-state index in [9.17, 15) is 10.4 Å². The van der Waals surface area contributed by atoms with Gasteiger partial charge < -0.3 is 16.6 Å². The Morgan fingerprint density at radius 1 is 1.24 bits per heavy atom. The summed E-state index contributed by atoms with van der Waals surface area (Å²) in [7, 11) is 0. The average Bonchev–Trinajstić information content (AvgIpc) is 2.80. The summed E-state index contributed by atoms with van der Waals surface area (Å²) >= 11 is 0. The molecule has 0 radical (unpaired) electrons. The molecule has 1 heterocycles. The number of nitrogens with zero attached hydrogens (tertiary/aromatic N) is 3. The van der Waals surface area contributed by atoms with Gasteiger partial charge in [0.05, 0.1) is 11.3 Å². The zero-order chi connectivity index (χ0) is 18.0. The molecule has 2 unspecified atom stereocenters.